The number of rotatable bonds is 7. The lowest BCUT2D eigenvalue weighted by molar-refractivity contribution is -0.118. The molecule has 1 aromatic heterocycles. The molecule has 0 saturated carbocycles. The van der Waals surface area contributed by atoms with Crippen molar-refractivity contribution in [1.82, 2.24) is 15.6 Å². The third-order valence-corrected chi connectivity index (χ3v) is 2.51. The van der Waals surface area contributed by atoms with Crippen LogP contribution in [0.25, 0.3) is 0 Å². The molecule has 0 saturated heterocycles. The number of nitrogens with zero attached hydrogens (tertiary/aromatic N) is 1. The Bertz CT molecular complexity index is 408. The van der Waals surface area contributed by atoms with Crippen LogP contribution in [0.2, 0.25) is 0 Å². The molecule has 1 atom stereocenters. The number of hydrogen-bond acceptors (Lipinski definition) is 3. The summed E-state index contributed by atoms with van der Waals surface area (Å²) in [5.41, 5.74) is 6.06. The van der Waals surface area contributed by atoms with Gasteiger partial charge in [-0.3, -0.25) is 9.78 Å². The first-order valence-electron chi connectivity index (χ1n) is 6.10. The van der Waals surface area contributed by atoms with E-state index in [-0.39, 0.29) is 17.9 Å². The van der Waals surface area contributed by atoms with Gasteiger partial charge in [0.2, 0.25) is 5.91 Å². The van der Waals surface area contributed by atoms with Gasteiger partial charge in [-0.15, -0.1) is 0 Å². The van der Waals surface area contributed by atoms with Crippen molar-refractivity contribution < 1.29 is 9.59 Å². The monoisotopic (exact) mass is 263 g/mol. The molecule has 0 bridgehead atoms. The number of pyridine rings is 1. The van der Waals surface area contributed by atoms with Gasteiger partial charge in [-0.1, -0.05) is 6.92 Å². The number of urea groups is 1. The molecule has 0 spiro atoms. The minimum absolute atomic E-state index is 0.0537. The second kappa shape index (κ2) is 8.07. The number of nitrogens with two attached hydrogens (primary N) is 1. The van der Waals surface area contributed by atoms with Gasteiger partial charge in [0.25, 0.3) is 0 Å². The molecule has 1 rings (SSSR count). The number of primary amides is 1. The van der Waals surface area contributed by atoms with E-state index in [0.717, 1.165) is 5.56 Å². The first-order valence-corrected chi connectivity index (χ1v) is 6.10. The third kappa shape index (κ3) is 7.03. The Kier molecular flexibility index (Phi) is 6.35. The van der Waals surface area contributed by atoms with E-state index in [1.807, 2.05) is 25.5 Å². The van der Waals surface area contributed by atoms with Crippen molar-refractivity contribution in [3.8, 4) is 0 Å². The maximum atomic E-state index is 11.5. The zero-order valence-electron chi connectivity index (χ0n) is 10.9. The molecular formula is C13H19N4O2. The van der Waals surface area contributed by atoms with Crippen molar-refractivity contribution in [3.63, 3.8) is 0 Å². The molecule has 0 unspecified atom stereocenters. The highest BCUT2D eigenvalue weighted by Crippen LogP contribution is 2.03. The third-order valence-electron chi connectivity index (χ3n) is 2.51. The van der Waals surface area contributed by atoms with Gasteiger partial charge in [0.15, 0.2) is 0 Å². The fourth-order valence-corrected chi connectivity index (χ4v) is 1.50. The van der Waals surface area contributed by atoms with Gasteiger partial charge in [-0.2, -0.15) is 0 Å². The summed E-state index contributed by atoms with van der Waals surface area (Å²) in [6.07, 6.45) is 5.49. The molecule has 1 aromatic rings. The lowest BCUT2D eigenvalue weighted by atomic mass is 10.0. The summed E-state index contributed by atoms with van der Waals surface area (Å²) in [4.78, 5) is 26.0. The van der Waals surface area contributed by atoms with Crippen molar-refractivity contribution in [3.05, 3.63) is 36.5 Å². The summed E-state index contributed by atoms with van der Waals surface area (Å²) in [6.45, 7) is 2.73. The molecule has 0 aliphatic heterocycles. The minimum atomic E-state index is -0.342. The highest BCUT2D eigenvalue weighted by atomic mass is 16.2. The molecule has 1 heterocycles. The van der Waals surface area contributed by atoms with Gasteiger partial charge in [0, 0.05) is 31.9 Å². The number of amides is 3. The Morgan fingerprint density at radius 3 is 2.68 bits per heavy atom. The van der Waals surface area contributed by atoms with Gasteiger partial charge < -0.3 is 16.4 Å². The van der Waals surface area contributed by atoms with Crippen LogP contribution in [0.5, 0.6) is 0 Å². The van der Waals surface area contributed by atoms with Crippen molar-refractivity contribution in [2.75, 3.05) is 6.54 Å². The second-order valence-corrected chi connectivity index (χ2v) is 4.30. The smallest absolute Gasteiger partial charge is 0.315 e. The highest BCUT2D eigenvalue weighted by Gasteiger charge is 2.07. The topological polar surface area (TPSA) is 97.1 Å². The zero-order chi connectivity index (χ0) is 14.1. The van der Waals surface area contributed by atoms with Crippen LogP contribution < -0.4 is 16.4 Å². The Morgan fingerprint density at radius 1 is 1.37 bits per heavy atom. The molecule has 0 fully saturated rings. The standard InChI is InChI=1S/C13H19N4O2/c1-10(8-12(14)18)2-7-16-13(19)17-9-11-3-5-15-6-4-11/h2-6,10H,7-9H2,1H3,(H2,14,18)(H2,16,17,19)/t10-/m0/s1. The lowest BCUT2D eigenvalue weighted by Crippen LogP contribution is -2.36. The van der Waals surface area contributed by atoms with Gasteiger partial charge in [0.05, 0.1) is 0 Å². The Labute approximate surface area is 112 Å². The number of carbonyl (C=O) groups excluding carboxylic acids is 2. The fraction of sp³-hybridized carbons (Fsp3) is 0.385. The van der Waals surface area contributed by atoms with Crippen LogP contribution in [-0.4, -0.2) is 23.5 Å². The quantitative estimate of drug-likeness (QED) is 0.672. The molecule has 6 nitrogen and oxygen atoms in total. The van der Waals surface area contributed by atoms with Crippen LogP contribution in [0.4, 0.5) is 4.79 Å². The zero-order valence-corrected chi connectivity index (χ0v) is 10.9. The van der Waals surface area contributed by atoms with E-state index in [4.69, 9.17) is 5.73 Å². The maximum Gasteiger partial charge on any atom is 0.315 e. The van der Waals surface area contributed by atoms with E-state index in [1.54, 1.807) is 12.4 Å². The van der Waals surface area contributed by atoms with Crippen LogP contribution in [0.1, 0.15) is 18.9 Å². The van der Waals surface area contributed by atoms with E-state index in [1.165, 1.54) is 0 Å². The number of hydrogen-bond donors (Lipinski definition) is 3. The second-order valence-electron chi connectivity index (χ2n) is 4.30. The average Bonchev–Trinajstić information content (AvgIpc) is 2.36. The van der Waals surface area contributed by atoms with Crippen molar-refractivity contribution in [2.24, 2.45) is 11.7 Å². The first-order chi connectivity index (χ1) is 9.08. The Balaban J connectivity index is 2.13. The summed E-state index contributed by atoms with van der Waals surface area (Å²) in [6, 6.07) is 3.42. The van der Waals surface area contributed by atoms with E-state index < -0.39 is 0 Å². The highest BCUT2D eigenvalue weighted by molar-refractivity contribution is 5.74. The lowest BCUT2D eigenvalue weighted by Gasteiger charge is -2.10. The van der Waals surface area contributed by atoms with E-state index in [0.29, 0.717) is 19.5 Å². The molecular weight excluding hydrogens is 244 g/mol. The SMILES string of the molecule is C[C@@H]([CH]CNC(=O)NCc1ccncc1)CC(N)=O. The summed E-state index contributed by atoms with van der Waals surface area (Å²) in [7, 11) is 0. The largest absolute Gasteiger partial charge is 0.370 e. The molecule has 6 heteroatoms. The normalized spacial score (nSPS) is 11.6. The van der Waals surface area contributed by atoms with Gasteiger partial charge in [0.1, 0.15) is 0 Å². The molecule has 0 aliphatic carbocycles. The Morgan fingerprint density at radius 2 is 2.05 bits per heavy atom. The average molecular weight is 263 g/mol. The van der Waals surface area contributed by atoms with E-state index in [2.05, 4.69) is 15.6 Å². The van der Waals surface area contributed by atoms with E-state index >= 15 is 0 Å². The Hall–Kier alpha value is -2.11. The van der Waals surface area contributed by atoms with Crippen LogP contribution in [0, 0.1) is 12.3 Å². The van der Waals surface area contributed by atoms with E-state index in [9.17, 15) is 9.59 Å². The summed E-state index contributed by atoms with van der Waals surface area (Å²) < 4.78 is 0. The fourth-order valence-electron chi connectivity index (χ4n) is 1.50. The predicted molar refractivity (Wildman–Crippen MR) is 71.8 cm³/mol. The molecule has 103 valence electrons. The molecule has 1 radical (unpaired) electrons. The minimum Gasteiger partial charge on any atom is -0.370 e. The molecule has 4 N–H and O–H groups in total. The molecule has 19 heavy (non-hydrogen) atoms. The summed E-state index contributed by atoms with van der Waals surface area (Å²) in [5, 5.41) is 5.41. The summed E-state index contributed by atoms with van der Waals surface area (Å²) in [5.74, 6) is -0.288. The van der Waals surface area contributed by atoms with Gasteiger partial charge in [-0.05, 0) is 30.0 Å². The van der Waals surface area contributed by atoms with Crippen LogP contribution in [0.3, 0.4) is 0 Å². The van der Waals surface area contributed by atoms with Gasteiger partial charge >= 0.3 is 6.03 Å². The van der Waals surface area contributed by atoms with Crippen LogP contribution in [0.15, 0.2) is 24.5 Å². The van der Waals surface area contributed by atoms with Gasteiger partial charge in [-0.25, -0.2) is 4.79 Å². The van der Waals surface area contributed by atoms with Crippen molar-refractivity contribution >= 4 is 11.9 Å². The predicted octanol–water partition coefficient (Wildman–Crippen LogP) is 0.597. The van der Waals surface area contributed by atoms with Crippen LogP contribution >= 0.6 is 0 Å². The van der Waals surface area contributed by atoms with Crippen molar-refractivity contribution in [2.45, 2.75) is 19.9 Å². The number of aromatic nitrogens is 1. The van der Waals surface area contributed by atoms with Crippen LogP contribution in [-0.2, 0) is 11.3 Å². The first kappa shape index (κ1) is 14.9. The molecule has 0 aliphatic rings. The number of nitrogens with one attached hydrogen (secondary N) is 2. The number of carbonyl (C=O) groups is 2. The maximum absolute atomic E-state index is 11.5. The molecule has 0 aromatic carbocycles. The van der Waals surface area contributed by atoms with Crippen molar-refractivity contribution in [1.29, 1.82) is 0 Å². The summed E-state index contributed by atoms with van der Waals surface area (Å²) >= 11 is 0. The molecule has 3 amide bonds.